The van der Waals surface area contributed by atoms with Crippen LogP contribution in [0.5, 0.6) is 5.75 Å². The highest BCUT2D eigenvalue weighted by Gasteiger charge is 2.35. The molecule has 1 aromatic rings. The number of para-hydroxylation sites is 2. The second-order valence-electron chi connectivity index (χ2n) is 3.73. The normalized spacial score (nSPS) is 18.9. The zero-order valence-electron chi connectivity index (χ0n) is 9.24. The van der Waals surface area contributed by atoms with Crippen LogP contribution in [0.2, 0.25) is 0 Å². The van der Waals surface area contributed by atoms with Crippen LogP contribution in [0.15, 0.2) is 24.3 Å². The summed E-state index contributed by atoms with van der Waals surface area (Å²) in [5.41, 5.74) is 5.59. The second-order valence-corrected chi connectivity index (χ2v) is 6.93. The summed E-state index contributed by atoms with van der Waals surface area (Å²) in [6, 6.07) is 6.61. The molecule has 18 heavy (non-hydrogen) atoms. The minimum absolute atomic E-state index is 0.111. The molecule has 0 bridgehead atoms. The van der Waals surface area contributed by atoms with Crippen molar-refractivity contribution in [3.8, 4) is 5.75 Å². The van der Waals surface area contributed by atoms with Gasteiger partial charge < -0.3 is 10.5 Å². The van der Waals surface area contributed by atoms with Gasteiger partial charge in [-0.05, 0) is 12.1 Å². The molecule has 1 atom stereocenters. The molecule has 1 unspecified atom stereocenters. The number of rotatable bonds is 3. The molecule has 0 radical (unpaired) electrons. The van der Waals surface area contributed by atoms with Crippen LogP contribution in [0, 0.1) is 0 Å². The number of anilines is 1. The summed E-state index contributed by atoms with van der Waals surface area (Å²) in [4.78, 5) is 11.2. The molecule has 1 aliphatic heterocycles. The zero-order valence-corrected chi connectivity index (χ0v) is 11.6. The average Bonchev–Trinajstić information content (AvgIpc) is 2.37. The molecule has 2 rings (SSSR count). The van der Waals surface area contributed by atoms with E-state index in [9.17, 15) is 13.2 Å². The Bertz CT molecular complexity index is 575. The number of fused-ring (bicyclic) bond motifs is 1. The lowest BCUT2D eigenvalue weighted by Crippen LogP contribution is -2.49. The first-order valence-corrected chi connectivity index (χ1v) is 7.80. The molecule has 0 fully saturated rings. The van der Waals surface area contributed by atoms with Crippen molar-refractivity contribution in [2.45, 2.75) is 6.10 Å². The highest BCUT2D eigenvalue weighted by atomic mass is 79.9. The van der Waals surface area contributed by atoms with E-state index in [-0.39, 0.29) is 11.2 Å². The van der Waals surface area contributed by atoms with Crippen LogP contribution in [0.4, 0.5) is 5.69 Å². The van der Waals surface area contributed by atoms with Crippen molar-refractivity contribution in [1.82, 2.24) is 0 Å². The van der Waals surface area contributed by atoms with Crippen molar-refractivity contribution in [3.63, 3.8) is 0 Å². The van der Waals surface area contributed by atoms with Crippen molar-refractivity contribution in [2.75, 3.05) is 15.5 Å². The van der Waals surface area contributed by atoms with Gasteiger partial charge in [-0.25, -0.2) is 8.42 Å². The molecular weight excluding hydrogens is 324 g/mol. The van der Waals surface area contributed by atoms with Crippen LogP contribution in [-0.2, 0) is 14.8 Å². The number of benzene rings is 1. The van der Waals surface area contributed by atoms with Gasteiger partial charge in [-0.15, -0.1) is 0 Å². The van der Waals surface area contributed by atoms with Gasteiger partial charge in [0.2, 0.25) is 10.0 Å². The third-order valence-electron chi connectivity index (χ3n) is 2.53. The maximum Gasteiger partial charge on any atom is 0.260 e. The summed E-state index contributed by atoms with van der Waals surface area (Å²) in [7, 11) is -3.54. The Hall–Kier alpha value is -1.28. The summed E-state index contributed by atoms with van der Waals surface area (Å²) >= 11 is 2.93. The summed E-state index contributed by atoms with van der Waals surface area (Å²) in [5.74, 6) is -0.364. The Morgan fingerprint density at radius 2 is 2.17 bits per heavy atom. The van der Waals surface area contributed by atoms with E-state index >= 15 is 0 Å². The highest BCUT2D eigenvalue weighted by molar-refractivity contribution is 9.10. The van der Waals surface area contributed by atoms with Crippen LogP contribution in [0.1, 0.15) is 0 Å². The summed E-state index contributed by atoms with van der Waals surface area (Å²) in [6.07, 6.45) is -0.978. The number of amides is 1. The number of hydrogen-bond acceptors (Lipinski definition) is 4. The van der Waals surface area contributed by atoms with Crippen LogP contribution >= 0.6 is 15.9 Å². The predicted octanol–water partition coefficient (Wildman–Crippen LogP) is 0.421. The van der Waals surface area contributed by atoms with Gasteiger partial charge in [0.25, 0.3) is 5.91 Å². The van der Waals surface area contributed by atoms with Gasteiger partial charge in [-0.1, -0.05) is 28.1 Å². The fourth-order valence-electron chi connectivity index (χ4n) is 1.67. The monoisotopic (exact) mass is 334 g/mol. The van der Waals surface area contributed by atoms with Gasteiger partial charge in [0.1, 0.15) is 10.4 Å². The first-order valence-electron chi connectivity index (χ1n) is 5.07. The molecule has 98 valence electrons. The van der Waals surface area contributed by atoms with E-state index in [1.54, 1.807) is 24.3 Å². The lowest BCUT2D eigenvalue weighted by atomic mass is 10.2. The minimum atomic E-state index is -3.54. The van der Waals surface area contributed by atoms with E-state index in [0.717, 1.165) is 4.31 Å². The molecular formula is C10H11BrN2O4S. The van der Waals surface area contributed by atoms with Crippen LogP contribution in [0.3, 0.4) is 0 Å². The minimum Gasteiger partial charge on any atom is -0.476 e. The van der Waals surface area contributed by atoms with Crippen molar-refractivity contribution in [3.05, 3.63) is 24.3 Å². The van der Waals surface area contributed by atoms with E-state index in [1.807, 2.05) is 0 Å². The molecule has 0 aliphatic carbocycles. The van der Waals surface area contributed by atoms with E-state index in [2.05, 4.69) is 15.9 Å². The maximum atomic E-state index is 12.0. The summed E-state index contributed by atoms with van der Waals surface area (Å²) in [5, 5.41) is 0. The lowest BCUT2D eigenvalue weighted by molar-refractivity contribution is -0.124. The Labute approximate surface area is 113 Å². The average molecular weight is 335 g/mol. The number of alkyl halides is 1. The third-order valence-corrected chi connectivity index (χ3v) is 5.55. The number of nitrogens with two attached hydrogens (primary N) is 1. The van der Waals surface area contributed by atoms with Crippen LogP contribution in [-0.4, -0.2) is 31.6 Å². The highest BCUT2D eigenvalue weighted by Crippen LogP contribution is 2.35. The van der Waals surface area contributed by atoms with Gasteiger partial charge in [-0.3, -0.25) is 9.10 Å². The lowest BCUT2D eigenvalue weighted by Gasteiger charge is -2.33. The van der Waals surface area contributed by atoms with Gasteiger partial charge in [0.05, 0.1) is 12.2 Å². The van der Waals surface area contributed by atoms with Crippen molar-refractivity contribution in [1.29, 1.82) is 0 Å². The van der Waals surface area contributed by atoms with Gasteiger partial charge in [-0.2, -0.15) is 0 Å². The molecule has 1 aliphatic rings. The molecule has 0 saturated carbocycles. The number of sulfonamides is 1. The number of primary amides is 1. The quantitative estimate of drug-likeness (QED) is 0.811. The number of carbonyl (C=O) groups is 1. The molecule has 0 saturated heterocycles. The molecule has 1 heterocycles. The fraction of sp³-hybridized carbons (Fsp3) is 0.300. The first-order chi connectivity index (χ1) is 8.45. The smallest absolute Gasteiger partial charge is 0.260 e. The maximum absolute atomic E-state index is 12.0. The van der Waals surface area contributed by atoms with E-state index < -0.39 is 22.0 Å². The van der Waals surface area contributed by atoms with E-state index in [0.29, 0.717) is 11.4 Å². The molecule has 0 spiro atoms. The number of carbonyl (C=O) groups excluding carboxylic acids is 1. The van der Waals surface area contributed by atoms with Crippen molar-refractivity contribution >= 4 is 37.5 Å². The zero-order chi connectivity index (χ0) is 13.3. The third kappa shape index (κ3) is 2.30. The Morgan fingerprint density at radius 1 is 1.50 bits per heavy atom. The predicted molar refractivity (Wildman–Crippen MR) is 70.1 cm³/mol. The van der Waals surface area contributed by atoms with Gasteiger partial charge >= 0.3 is 0 Å². The van der Waals surface area contributed by atoms with Crippen LogP contribution in [0.25, 0.3) is 0 Å². The fourth-order valence-corrected chi connectivity index (χ4v) is 3.35. The summed E-state index contributed by atoms with van der Waals surface area (Å²) in [6.45, 7) is -0.111. The largest absolute Gasteiger partial charge is 0.476 e. The van der Waals surface area contributed by atoms with Crippen LogP contribution < -0.4 is 14.8 Å². The molecule has 6 nitrogen and oxygen atoms in total. The van der Waals surface area contributed by atoms with E-state index in [1.165, 1.54) is 0 Å². The Morgan fingerprint density at radius 3 is 2.78 bits per heavy atom. The number of hydrogen-bond donors (Lipinski definition) is 1. The Balaban J connectivity index is 2.50. The molecule has 8 heteroatoms. The SMILES string of the molecule is NC(=O)C1CN(S(=O)(=O)CBr)c2ccccc2O1. The number of ether oxygens (including phenoxy) is 1. The molecule has 1 aromatic carbocycles. The van der Waals surface area contributed by atoms with Crippen molar-refractivity contribution in [2.24, 2.45) is 5.73 Å². The van der Waals surface area contributed by atoms with E-state index in [4.69, 9.17) is 10.5 Å². The number of halogens is 1. The van der Waals surface area contributed by atoms with Gasteiger partial charge in [0.15, 0.2) is 6.10 Å². The second kappa shape index (κ2) is 4.77. The van der Waals surface area contributed by atoms with Gasteiger partial charge in [0, 0.05) is 0 Å². The number of nitrogens with zero attached hydrogens (tertiary/aromatic N) is 1. The molecule has 1 amide bonds. The Kier molecular flexibility index (Phi) is 3.49. The first kappa shape index (κ1) is 13.2. The standard InChI is InChI=1S/C10H11BrN2O4S/c11-6-18(15,16)13-5-9(10(12)14)17-8-4-2-1-3-7(8)13/h1-4,9H,5-6H2,(H2,12,14). The summed E-state index contributed by atoms with van der Waals surface area (Å²) < 4.78 is 30.2. The molecule has 2 N–H and O–H groups in total. The topological polar surface area (TPSA) is 89.7 Å². The van der Waals surface area contributed by atoms with Crippen molar-refractivity contribution < 1.29 is 17.9 Å². The molecule has 0 aromatic heterocycles.